The number of piperidine rings is 1. The lowest BCUT2D eigenvalue weighted by Gasteiger charge is -2.30. The van der Waals surface area contributed by atoms with Gasteiger partial charge in [-0.05, 0) is 31.4 Å². The van der Waals surface area contributed by atoms with E-state index in [1.165, 1.54) is 21.3 Å². The Labute approximate surface area is 148 Å². The molecule has 0 spiro atoms. The predicted molar refractivity (Wildman–Crippen MR) is 94.5 cm³/mol. The van der Waals surface area contributed by atoms with E-state index >= 15 is 0 Å². The number of hydrogen-bond acceptors (Lipinski definition) is 5. The highest BCUT2D eigenvalue weighted by Gasteiger charge is 2.31. The lowest BCUT2D eigenvalue weighted by atomic mass is 10.1. The fourth-order valence-electron chi connectivity index (χ4n) is 3.47. The van der Waals surface area contributed by atoms with Gasteiger partial charge in [-0.25, -0.2) is 8.42 Å². The van der Waals surface area contributed by atoms with E-state index in [2.05, 4.69) is 0 Å². The summed E-state index contributed by atoms with van der Waals surface area (Å²) in [5.41, 5.74) is 0.397. The molecule has 2 aliphatic rings. The minimum atomic E-state index is -3.69. The van der Waals surface area contributed by atoms with E-state index in [0.717, 1.165) is 45.4 Å². The second kappa shape index (κ2) is 7.27. The number of quaternary nitrogens is 1. The van der Waals surface area contributed by atoms with Gasteiger partial charge in [0.2, 0.25) is 10.0 Å². The summed E-state index contributed by atoms with van der Waals surface area (Å²) >= 11 is 0. The van der Waals surface area contributed by atoms with Gasteiger partial charge in [0.05, 0.1) is 43.0 Å². The predicted octanol–water partition coefficient (Wildman–Crippen LogP) is 0.104. The van der Waals surface area contributed by atoms with Crippen molar-refractivity contribution in [3.8, 4) is 0 Å². The molecule has 2 aliphatic heterocycles. The third kappa shape index (κ3) is 3.78. The number of benzene rings is 1. The van der Waals surface area contributed by atoms with Crippen molar-refractivity contribution in [1.29, 1.82) is 0 Å². The number of anilines is 1. The van der Waals surface area contributed by atoms with Crippen molar-refractivity contribution in [2.75, 3.05) is 51.2 Å². The second-order valence-electron chi connectivity index (χ2n) is 6.82. The first-order chi connectivity index (χ1) is 11.9. The maximum atomic E-state index is 12.8. The van der Waals surface area contributed by atoms with Gasteiger partial charge >= 0.3 is 0 Å². The third-order valence-electron chi connectivity index (χ3n) is 5.05. The Morgan fingerprint density at radius 3 is 2.32 bits per heavy atom. The summed E-state index contributed by atoms with van der Waals surface area (Å²) in [5, 5.41) is 11.5. The van der Waals surface area contributed by atoms with Crippen LogP contribution in [-0.2, 0) is 10.0 Å². The average molecular weight is 369 g/mol. The molecule has 2 fully saturated rings. The summed E-state index contributed by atoms with van der Waals surface area (Å²) < 4.78 is 27.1. The van der Waals surface area contributed by atoms with Gasteiger partial charge in [0.15, 0.2) is 0 Å². The largest absolute Gasteiger partial charge is 0.366 e. The van der Waals surface area contributed by atoms with Crippen LogP contribution in [0.3, 0.4) is 0 Å². The van der Waals surface area contributed by atoms with E-state index in [1.807, 2.05) is 11.9 Å². The molecule has 25 heavy (non-hydrogen) atoms. The monoisotopic (exact) mass is 369 g/mol. The van der Waals surface area contributed by atoms with Gasteiger partial charge in [-0.1, -0.05) is 0 Å². The molecule has 138 valence electrons. The molecular weight excluding hydrogens is 344 g/mol. The van der Waals surface area contributed by atoms with Crippen molar-refractivity contribution in [1.82, 2.24) is 4.31 Å². The van der Waals surface area contributed by atoms with Crippen LogP contribution in [0.2, 0.25) is 0 Å². The number of nitrogens with zero attached hydrogens (tertiary/aromatic N) is 3. The number of sulfonamides is 1. The topological polar surface area (TPSA) is 88.2 Å². The van der Waals surface area contributed by atoms with E-state index in [9.17, 15) is 18.5 Å². The van der Waals surface area contributed by atoms with E-state index in [-0.39, 0.29) is 10.6 Å². The Kier molecular flexibility index (Phi) is 5.26. The maximum absolute atomic E-state index is 12.8. The second-order valence-corrected chi connectivity index (χ2v) is 8.75. The Hall–Kier alpha value is -1.71. The van der Waals surface area contributed by atoms with Gasteiger partial charge in [-0.15, -0.1) is 0 Å². The maximum Gasteiger partial charge on any atom is 0.293 e. The van der Waals surface area contributed by atoms with Crippen LogP contribution in [0.1, 0.15) is 19.3 Å². The molecule has 0 atom stereocenters. The van der Waals surface area contributed by atoms with Crippen LogP contribution in [0.15, 0.2) is 23.1 Å². The zero-order valence-corrected chi connectivity index (χ0v) is 15.3. The molecule has 9 heteroatoms. The van der Waals surface area contributed by atoms with Gasteiger partial charge in [-0.2, -0.15) is 4.31 Å². The van der Waals surface area contributed by atoms with Crippen LogP contribution in [-0.4, -0.2) is 64.0 Å². The summed E-state index contributed by atoms with van der Waals surface area (Å²) in [4.78, 5) is 14.3. The average Bonchev–Trinajstić information content (AvgIpc) is 2.62. The normalized spacial score (nSPS) is 20.6. The molecule has 0 radical (unpaired) electrons. The number of likely N-dealkylation sites (N-methyl/N-ethyl adjacent to an activating group) is 1. The summed E-state index contributed by atoms with van der Waals surface area (Å²) in [6.45, 7) is 3.91. The molecule has 2 heterocycles. The summed E-state index contributed by atoms with van der Waals surface area (Å²) in [5.74, 6) is 0. The van der Waals surface area contributed by atoms with Crippen molar-refractivity contribution < 1.29 is 18.2 Å². The van der Waals surface area contributed by atoms with Crippen LogP contribution in [0.5, 0.6) is 0 Å². The van der Waals surface area contributed by atoms with Crippen LogP contribution < -0.4 is 9.80 Å². The standard InChI is InChI=1S/C16H24N4O4S/c1-17-9-11-19(12-10-17)25(23,24)14-5-6-15(16(13-14)20(21)22)18-7-3-2-4-8-18/h5-6,13H,2-4,7-12H2,1H3/p+1. The Bertz CT molecular complexity index is 739. The van der Waals surface area contributed by atoms with E-state index in [0.29, 0.717) is 18.8 Å². The molecule has 0 aliphatic carbocycles. The number of rotatable bonds is 4. The molecule has 0 amide bonds. The Morgan fingerprint density at radius 2 is 1.72 bits per heavy atom. The van der Waals surface area contributed by atoms with Crippen LogP contribution in [0.4, 0.5) is 11.4 Å². The van der Waals surface area contributed by atoms with Crippen molar-refractivity contribution >= 4 is 21.4 Å². The zero-order chi connectivity index (χ0) is 18.0. The highest BCUT2D eigenvalue weighted by atomic mass is 32.2. The molecule has 0 aromatic heterocycles. The fourth-order valence-corrected chi connectivity index (χ4v) is 4.93. The van der Waals surface area contributed by atoms with E-state index < -0.39 is 14.9 Å². The lowest BCUT2D eigenvalue weighted by Crippen LogP contribution is -3.12. The minimum Gasteiger partial charge on any atom is -0.366 e. The quantitative estimate of drug-likeness (QED) is 0.601. The Morgan fingerprint density at radius 1 is 1.08 bits per heavy atom. The smallest absolute Gasteiger partial charge is 0.293 e. The lowest BCUT2D eigenvalue weighted by molar-refractivity contribution is -0.883. The highest BCUT2D eigenvalue weighted by Crippen LogP contribution is 2.33. The van der Waals surface area contributed by atoms with Crippen LogP contribution in [0.25, 0.3) is 0 Å². The van der Waals surface area contributed by atoms with Gasteiger partial charge in [0.25, 0.3) is 5.69 Å². The molecule has 1 aromatic rings. The number of nitro groups is 1. The van der Waals surface area contributed by atoms with Gasteiger partial charge in [0, 0.05) is 19.2 Å². The van der Waals surface area contributed by atoms with E-state index in [4.69, 9.17) is 0 Å². The van der Waals surface area contributed by atoms with Crippen molar-refractivity contribution in [3.05, 3.63) is 28.3 Å². The fraction of sp³-hybridized carbons (Fsp3) is 0.625. The van der Waals surface area contributed by atoms with Crippen molar-refractivity contribution in [2.45, 2.75) is 24.2 Å². The third-order valence-corrected chi connectivity index (χ3v) is 6.95. The molecule has 0 unspecified atom stereocenters. The molecule has 0 saturated carbocycles. The summed E-state index contributed by atoms with van der Waals surface area (Å²) in [7, 11) is -1.66. The molecule has 8 nitrogen and oxygen atoms in total. The van der Waals surface area contributed by atoms with Crippen molar-refractivity contribution in [2.24, 2.45) is 0 Å². The first-order valence-corrected chi connectivity index (χ1v) is 10.2. The van der Waals surface area contributed by atoms with E-state index in [1.54, 1.807) is 6.07 Å². The summed E-state index contributed by atoms with van der Waals surface area (Å²) in [6.07, 6.45) is 3.13. The van der Waals surface area contributed by atoms with Gasteiger partial charge in [0.1, 0.15) is 5.69 Å². The first-order valence-electron chi connectivity index (χ1n) is 8.74. The van der Waals surface area contributed by atoms with Crippen LogP contribution >= 0.6 is 0 Å². The van der Waals surface area contributed by atoms with Crippen LogP contribution in [0, 0.1) is 10.1 Å². The zero-order valence-electron chi connectivity index (χ0n) is 14.5. The number of hydrogen-bond donors (Lipinski definition) is 1. The molecular formula is C16H25N4O4S+. The first kappa shape index (κ1) is 18.1. The van der Waals surface area contributed by atoms with Gasteiger partial charge < -0.3 is 9.80 Å². The highest BCUT2D eigenvalue weighted by molar-refractivity contribution is 7.89. The molecule has 0 bridgehead atoms. The minimum absolute atomic E-state index is 0.0134. The SMILES string of the molecule is C[NH+]1CCN(S(=O)(=O)c2ccc(N3CCCCC3)c([N+](=O)[O-])c2)CC1. The summed E-state index contributed by atoms with van der Waals surface area (Å²) in [6, 6.07) is 4.33. The van der Waals surface area contributed by atoms with Crippen molar-refractivity contribution in [3.63, 3.8) is 0 Å². The molecule has 2 saturated heterocycles. The number of nitrogens with one attached hydrogen (secondary N) is 1. The number of nitro benzene ring substituents is 1. The molecule has 3 rings (SSSR count). The molecule has 1 N–H and O–H groups in total. The molecule has 1 aromatic carbocycles. The Balaban J connectivity index is 1.92. The van der Waals surface area contributed by atoms with Gasteiger partial charge in [-0.3, -0.25) is 10.1 Å². The number of piperazine rings is 1.